The van der Waals surface area contributed by atoms with Gasteiger partial charge < -0.3 is 90.5 Å². The lowest BCUT2D eigenvalue weighted by molar-refractivity contribution is 0.0989. The predicted octanol–water partition coefficient (Wildman–Crippen LogP) is 18.2. The highest BCUT2D eigenvalue weighted by atomic mass is 32.1. The highest BCUT2D eigenvalue weighted by Crippen LogP contribution is 2.40. The number of benzene rings is 10. The van der Waals surface area contributed by atoms with Crippen LogP contribution in [-0.4, -0.2) is 161 Å². The molecule has 0 saturated carbocycles. The topological polar surface area (TPSA) is 581 Å². The number of aliphatic imine (C=N–C) groups is 1. The molecule has 738 valence electrons. The Balaban J connectivity index is 0.000000172. The van der Waals surface area contributed by atoms with Crippen LogP contribution >= 0.6 is 45.3 Å². The van der Waals surface area contributed by atoms with E-state index in [9.17, 15) is 19.2 Å². The summed E-state index contributed by atoms with van der Waals surface area (Å²) in [6.45, 7) is 18.8. The lowest BCUT2D eigenvalue weighted by Crippen LogP contribution is -2.22. The number of nitrogens with two attached hydrogens (primary N) is 7. The summed E-state index contributed by atoms with van der Waals surface area (Å²) in [7, 11) is 9.79. The zero-order chi connectivity index (χ0) is 104. The van der Waals surface area contributed by atoms with Crippen LogP contribution < -0.4 is 95.7 Å². The van der Waals surface area contributed by atoms with E-state index in [4.69, 9.17) is 69.2 Å². The number of ketones is 1. The molecular formula is C102H107N29O9S4. The number of amides is 4. The first-order chi connectivity index (χ1) is 69.1. The Kier molecular flexibility index (Phi) is 38.2. The minimum absolute atomic E-state index is 0.0580. The molecule has 5 aromatic heterocycles. The molecule has 5 heterocycles. The minimum Gasteiger partial charge on any atom is -0.494 e. The van der Waals surface area contributed by atoms with Crippen molar-refractivity contribution in [2.45, 2.75) is 61.8 Å². The third kappa shape index (κ3) is 31.1. The molecule has 15 rings (SSSR count). The average molecular weight is 2010 g/mol. The summed E-state index contributed by atoms with van der Waals surface area (Å²) >= 11 is 5.81. The lowest BCUT2D eigenvalue weighted by atomic mass is 9.99. The van der Waals surface area contributed by atoms with Gasteiger partial charge >= 0.3 is 6.03 Å². The third-order valence-corrected chi connectivity index (χ3v) is 24.1. The summed E-state index contributed by atoms with van der Waals surface area (Å²) in [6.07, 6.45) is 3.66. The van der Waals surface area contributed by atoms with Gasteiger partial charge in [0.1, 0.15) is 22.9 Å². The molecule has 38 nitrogen and oxygen atoms in total. The van der Waals surface area contributed by atoms with E-state index in [1.807, 2.05) is 210 Å². The number of urea groups is 1. The molecule has 0 unspecified atom stereocenters. The van der Waals surface area contributed by atoms with Gasteiger partial charge in [-0.15, -0.1) is 31.7 Å². The molecule has 15 aromatic rings. The van der Waals surface area contributed by atoms with Crippen LogP contribution in [0.15, 0.2) is 282 Å². The monoisotopic (exact) mass is 2010 g/mol. The van der Waals surface area contributed by atoms with Crippen molar-refractivity contribution in [2.24, 2.45) is 80.2 Å². The number of hydrogen-bond acceptors (Lipinski definition) is 32. The highest BCUT2D eigenvalue weighted by molar-refractivity contribution is 7.23. The molecule has 144 heavy (non-hydrogen) atoms. The molecule has 0 aliphatic heterocycles. The number of carbonyl (C=O) groups excluding carboxylic acids is 4. The maximum absolute atomic E-state index is 12.6. The van der Waals surface area contributed by atoms with Crippen LogP contribution in [0.5, 0.6) is 28.7 Å². The van der Waals surface area contributed by atoms with Gasteiger partial charge in [-0.05, 0) is 161 Å². The first-order valence-corrected chi connectivity index (χ1v) is 47.1. The number of carbonyl (C=O) groups is 4. The molecule has 42 heteroatoms. The normalized spacial score (nSPS) is 11.6. The summed E-state index contributed by atoms with van der Waals surface area (Å²) in [5.41, 5.74) is 57.8. The number of thiazole rings is 4. The molecule has 0 radical (unpaired) electrons. The molecular weight excluding hydrogens is 1900 g/mol. The van der Waals surface area contributed by atoms with Crippen LogP contribution in [0, 0.1) is 5.41 Å². The zero-order valence-electron chi connectivity index (χ0n) is 81.1. The van der Waals surface area contributed by atoms with Gasteiger partial charge in [0.15, 0.2) is 49.3 Å². The summed E-state index contributed by atoms with van der Waals surface area (Å²) in [6, 6.07) is 64.5. The van der Waals surface area contributed by atoms with Crippen molar-refractivity contribution in [2.75, 3.05) is 86.8 Å². The van der Waals surface area contributed by atoms with E-state index in [0.717, 1.165) is 114 Å². The number of ether oxygens (including phenoxy) is 5. The molecule has 4 amide bonds. The molecule has 0 bridgehead atoms. The number of methoxy groups -OCH3 is 5. The number of rotatable bonds is 31. The van der Waals surface area contributed by atoms with Crippen LogP contribution in [0.1, 0.15) is 125 Å². The number of Topliss-reactive ketones (excluding diaryl/α,β-unsaturated/α-hetero) is 1. The number of fused-ring (bicyclic) bond motifs is 3. The van der Waals surface area contributed by atoms with Gasteiger partial charge in [0, 0.05) is 112 Å². The number of hydrogen-bond donors (Lipinski definition) is 14. The van der Waals surface area contributed by atoms with E-state index in [1.165, 1.54) is 34.0 Å². The first kappa shape index (κ1) is 107. The van der Waals surface area contributed by atoms with Crippen LogP contribution in [0.4, 0.5) is 42.6 Å². The van der Waals surface area contributed by atoms with E-state index in [0.29, 0.717) is 120 Å². The van der Waals surface area contributed by atoms with Crippen LogP contribution in [0.25, 0.3) is 58.7 Å². The Morgan fingerprint density at radius 3 is 1.22 bits per heavy atom. The van der Waals surface area contributed by atoms with E-state index in [2.05, 4.69) is 114 Å². The van der Waals surface area contributed by atoms with Crippen molar-refractivity contribution >= 4 is 201 Å². The predicted molar refractivity (Wildman–Crippen MR) is 588 cm³/mol. The largest absolute Gasteiger partial charge is 0.494 e. The van der Waals surface area contributed by atoms with E-state index < -0.39 is 0 Å². The highest BCUT2D eigenvalue weighted by Gasteiger charge is 2.20. The van der Waals surface area contributed by atoms with Crippen LogP contribution in [0.2, 0.25) is 0 Å². The average Bonchev–Trinajstić information content (AvgIpc) is 1.62. The number of para-hydroxylation sites is 1. The SMILES string of the molecule is C=C(Nc1nc2cc(OC)c(OC)cc2s1)c1ccc(/C(C)=N/N=C(N)N)cc1.CC(=N)CN=C(C)c1ccc(CC(=O)c2ccc(-c3cnc(N)nc3)cc2)cc1.CNc1nc(-c2ccc(NC(=O)Nc3ccc(/C(C)=N/N=C(N)N)cc3)cc2)cs1.COc1cc2nc(NC(=O)c3ccc(/C(C)=N\N=C(C)N)cc3)sc2cc1OC.COc1cccc2sc(NC(=O)c3ccc(/C(C)=N\N=C(C)N)cc3)nc12. The van der Waals surface area contributed by atoms with Gasteiger partial charge in [0.2, 0.25) is 17.9 Å². The number of guanidine groups is 2. The standard InChI is InChI=1S/C23H23N5O.C20H22N8OS.C20H22N6O2S.C20H21N5O3S.C19H19N5O2S/c1-15(24)12-26-16(2)18-5-3-17(4-6-18)11-22(29)20-9-7-19(8-10-20)21-13-27-23(25)28-14-21;1-12(27-28-18(21)22)13-3-7-15(8-4-13)24-19(29)25-16-9-5-14(6-10-16)17-11-30-20(23-2)26-17;1-11(13-5-7-14(8-6-13)12(2)25-26-19(21)22)23-20-24-15-9-16(27-3)17(28-4)10-18(15)29-20;1-11(24-25-12(2)21)13-5-7-14(8-6-13)19(26)23-20-22-15-9-16(27-3)17(28-4)10-18(15)29-20;1-11(23-24-12(2)20)13-7-9-14(10-8-13)18(25)22-19-21-17-15(26-3)5-4-6-16(17)27-19/h3-10,13-14,24H,11-12H2,1-2H3,(H2,25,27,28);3-11H,1-2H3,(H,23,26)(H4,21,22,28)(H2,24,25,29);5-10H,1H2,2-4H3,(H,23,24)(H4,21,22,26);5-10H,1-4H3,(H2,21,25)(H,22,23,26);4-10H,1-3H3,(H2,20,24)(H,21,22,25)/b;27-12+;25-12+;24-11-;23-11-. The fourth-order valence-corrected chi connectivity index (χ4v) is 16.2. The number of amidine groups is 2. The zero-order valence-corrected chi connectivity index (χ0v) is 84.4. The van der Waals surface area contributed by atoms with E-state index in [-0.39, 0.29) is 41.5 Å². The van der Waals surface area contributed by atoms with Crippen molar-refractivity contribution in [3.8, 4) is 51.1 Å². The van der Waals surface area contributed by atoms with Gasteiger partial charge in [-0.1, -0.05) is 168 Å². The molecule has 0 saturated heterocycles. The first-order valence-electron chi connectivity index (χ1n) is 43.8. The number of aromatic nitrogens is 6. The molecule has 0 aliphatic rings. The van der Waals surface area contributed by atoms with Gasteiger partial charge in [-0.25, -0.2) is 34.7 Å². The number of anilines is 7. The van der Waals surface area contributed by atoms with E-state index >= 15 is 0 Å². The Hall–Kier alpha value is -17.9. The quantitative estimate of drug-likeness (QED) is 0.00830. The van der Waals surface area contributed by atoms with Crippen LogP contribution in [-0.2, 0) is 6.42 Å². The second kappa shape index (κ2) is 51.7. The molecule has 21 N–H and O–H groups in total. The Morgan fingerprint density at radius 1 is 0.396 bits per heavy atom. The van der Waals surface area contributed by atoms with Crippen molar-refractivity contribution in [1.82, 2.24) is 29.9 Å². The Bertz CT molecular complexity index is 7110. The van der Waals surface area contributed by atoms with Crippen molar-refractivity contribution in [3.05, 3.63) is 292 Å². The molecule has 0 atom stereocenters. The second-order valence-electron chi connectivity index (χ2n) is 31.1. The van der Waals surface area contributed by atoms with Crippen molar-refractivity contribution < 1.29 is 42.9 Å². The number of nitrogens with one attached hydrogen (secondary N) is 7. The second-order valence-corrected chi connectivity index (χ2v) is 35.1. The summed E-state index contributed by atoms with van der Waals surface area (Å²) in [5.74, 6) is 3.59. The summed E-state index contributed by atoms with van der Waals surface area (Å²) in [4.78, 5) is 80.3. The molecule has 10 aromatic carbocycles. The maximum Gasteiger partial charge on any atom is 0.323 e. The number of nitrogen functional groups attached to an aromatic ring is 1. The molecule has 0 spiro atoms. The van der Waals surface area contributed by atoms with Gasteiger partial charge in [0.25, 0.3) is 11.8 Å². The van der Waals surface area contributed by atoms with Crippen molar-refractivity contribution in [1.29, 1.82) is 5.41 Å². The van der Waals surface area contributed by atoms with Gasteiger partial charge in [-0.2, -0.15) is 20.4 Å². The summed E-state index contributed by atoms with van der Waals surface area (Å²) < 4.78 is 29.4. The maximum atomic E-state index is 12.6. The molecule has 0 aliphatic carbocycles. The lowest BCUT2D eigenvalue weighted by Gasteiger charge is -2.09. The fourth-order valence-electron chi connectivity index (χ4n) is 12.9. The summed E-state index contributed by atoms with van der Waals surface area (Å²) in [5, 5.41) is 60.5. The van der Waals surface area contributed by atoms with Crippen molar-refractivity contribution in [3.63, 3.8) is 0 Å². The number of nitrogens with zero attached hydrogens (tertiary/aromatic N) is 15. The smallest absolute Gasteiger partial charge is 0.323 e. The molecule has 0 fully saturated rings. The minimum atomic E-state index is -0.340. The third-order valence-electron chi connectivity index (χ3n) is 20.4. The van der Waals surface area contributed by atoms with Crippen LogP contribution in [0.3, 0.4) is 0 Å². The van der Waals surface area contributed by atoms with E-state index in [1.54, 1.807) is 129 Å². The Labute approximate surface area is 846 Å². The van der Waals surface area contributed by atoms with Gasteiger partial charge in [0.05, 0.1) is 95.8 Å². The van der Waals surface area contributed by atoms with Gasteiger partial charge in [-0.3, -0.25) is 30.0 Å². The Morgan fingerprint density at radius 2 is 0.785 bits per heavy atom. The fraction of sp³-hybridized carbons (Fsp3) is 0.157.